The van der Waals surface area contributed by atoms with Crippen LogP contribution in [0.1, 0.15) is 36.9 Å². The molecule has 0 saturated heterocycles. The number of carbonyl (C=O) groups excluding carboxylic acids is 2. The molecule has 1 heterocycles. The molecule has 1 saturated carbocycles. The Morgan fingerprint density at radius 1 is 1.11 bits per heavy atom. The highest BCUT2D eigenvalue weighted by atomic mass is 19.1. The summed E-state index contributed by atoms with van der Waals surface area (Å²) in [5, 5.41) is 5.76. The molecule has 1 unspecified atom stereocenters. The third-order valence-electron chi connectivity index (χ3n) is 5.29. The van der Waals surface area contributed by atoms with Crippen LogP contribution in [0.5, 0.6) is 0 Å². The number of para-hydroxylation sites is 1. The molecule has 28 heavy (non-hydrogen) atoms. The number of benzene rings is 2. The molecule has 6 heteroatoms. The number of nitrogens with one attached hydrogen (secondary N) is 2. The number of rotatable bonds is 4. The molecule has 1 atom stereocenters. The summed E-state index contributed by atoms with van der Waals surface area (Å²) in [7, 11) is 0. The number of urea groups is 1. The predicted octanol–water partition coefficient (Wildman–Crippen LogP) is 4.28. The van der Waals surface area contributed by atoms with Crippen LogP contribution in [-0.2, 0) is 4.79 Å². The van der Waals surface area contributed by atoms with Crippen molar-refractivity contribution in [3.05, 3.63) is 76.7 Å². The number of amides is 3. The maximum Gasteiger partial charge on any atom is 0.322 e. The van der Waals surface area contributed by atoms with Crippen molar-refractivity contribution in [2.45, 2.75) is 38.8 Å². The molecule has 2 N–H and O–H groups in total. The number of hydrogen-bond acceptors (Lipinski definition) is 2. The van der Waals surface area contributed by atoms with E-state index in [2.05, 4.69) is 10.6 Å². The van der Waals surface area contributed by atoms with E-state index in [1.165, 1.54) is 6.07 Å². The number of halogens is 1. The normalized spacial score (nSPS) is 19.5. The second kappa shape index (κ2) is 7.11. The van der Waals surface area contributed by atoms with E-state index < -0.39 is 11.9 Å². The molecule has 2 aromatic rings. The summed E-state index contributed by atoms with van der Waals surface area (Å²) in [4.78, 5) is 27.6. The van der Waals surface area contributed by atoms with Gasteiger partial charge in [-0.15, -0.1) is 0 Å². The van der Waals surface area contributed by atoms with Crippen molar-refractivity contribution in [1.82, 2.24) is 10.2 Å². The van der Waals surface area contributed by atoms with Gasteiger partial charge in [-0.1, -0.05) is 36.4 Å². The third-order valence-corrected chi connectivity index (χ3v) is 5.29. The molecule has 2 aliphatic rings. The second-order valence-corrected chi connectivity index (χ2v) is 7.27. The van der Waals surface area contributed by atoms with Gasteiger partial charge in [0.25, 0.3) is 5.91 Å². The average molecular weight is 379 g/mol. The fourth-order valence-corrected chi connectivity index (χ4v) is 3.67. The zero-order valence-corrected chi connectivity index (χ0v) is 15.8. The number of nitrogens with zero attached hydrogens (tertiary/aromatic N) is 1. The minimum absolute atomic E-state index is 0.0998. The highest BCUT2D eigenvalue weighted by Crippen LogP contribution is 2.38. The van der Waals surface area contributed by atoms with E-state index in [-0.39, 0.29) is 23.5 Å². The topological polar surface area (TPSA) is 61.4 Å². The van der Waals surface area contributed by atoms with Crippen LogP contribution in [0.3, 0.4) is 0 Å². The summed E-state index contributed by atoms with van der Waals surface area (Å²) in [5.41, 5.74) is 2.83. The smallest absolute Gasteiger partial charge is 0.322 e. The van der Waals surface area contributed by atoms with Crippen molar-refractivity contribution < 1.29 is 14.0 Å². The lowest BCUT2D eigenvalue weighted by atomic mass is 9.93. The molecule has 1 aliphatic heterocycles. The van der Waals surface area contributed by atoms with E-state index in [1.54, 1.807) is 30.0 Å². The molecular weight excluding hydrogens is 357 g/mol. The lowest BCUT2D eigenvalue weighted by Crippen LogP contribution is -2.49. The van der Waals surface area contributed by atoms with Gasteiger partial charge in [0, 0.05) is 23.0 Å². The summed E-state index contributed by atoms with van der Waals surface area (Å²) in [6, 6.07) is 12.7. The largest absolute Gasteiger partial charge is 0.326 e. The fraction of sp³-hybridized carbons (Fsp3) is 0.273. The van der Waals surface area contributed by atoms with Gasteiger partial charge in [0.15, 0.2) is 0 Å². The van der Waals surface area contributed by atoms with E-state index in [1.807, 2.05) is 31.2 Å². The molecule has 4 rings (SSSR count). The SMILES string of the molecule is CC1=C(C(=O)Nc2ccccc2C)C(c2ccccc2F)NC(=O)N1C1CC1. The number of hydrogen-bond donors (Lipinski definition) is 2. The Morgan fingerprint density at radius 3 is 2.46 bits per heavy atom. The van der Waals surface area contributed by atoms with Crippen LogP contribution in [0.4, 0.5) is 14.9 Å². The Hall–Kier alpha value is -3.15. The van der Waals surface area contributed by atoms with Gasteiger partial charge in [0.2, 0.25) is 0 Å². The van der Waals surface area contributed by atoms with Crippen LogP contribution in [0, 0.1) is 12.7 Å². The summed E-state index contributed by atoms with van der Waals surface area (Å²) in [5.74, 6) is -0.799. The summed E-state index contributed by atoms with van der Waals surface area (Å²) in [6.45, 7) is 3.67. The molecule has 0 aromatic heterocycles. The number of carbonyl (C=O) groups is 2. The van der Waals surface area contributed by atoms with Crippen LogP contribution in [0.25, 0.3) is 0 Å². The van der Waals surface area contributed by atoms with Gasteiger partial charge in [-0.2, -0.15) is 0 Å². The van der Waals surface area contributed by atoms with Gasteiger partial charge in [-0.05, 0) is 44.4 Å². The van der Waals surface area contributed by atoms with Gasteiger partial charge < -0.3 is 10.6 Å². The Kier molecular flexibility index (Phi) is 4.63. The number of allylic oxidation sites excluding steroid dienone is 1. The van der Waals surface area contributed by atoms with Crippen LogP contribution in [-0.4, -0.2) is 22.9 Å². The van der Waals surface area contributed by atoms with Gasteiger partial charge in [0.05, 0.1) is 11.6 Å². The number of anilines is 1. The van der Waals surface area contributed by atoms with Crippen LogP contribution in [0.15, 0.2) is 59.8 Å². The minimum atomic E-state index is -0.840. The van der Waals surface area contributed by atoms with E-state index in [0.717, 1.165) is 18.4 Å². The monoisotopic (exact) mass is 379 g/mol. The van der Waals surface area contributed by atoms with Crippen LogP contribution < -0.4 is 10.6 Å². The zero-order valence-electron chi connectivity index (χ0n) is 15.8. The first-order valence-corrected chi connectivity index (χ1v) is 9.39. The molecule has 0 spiro atoms. The zero-order chi connectivity index (χ0) is 19.8. The van der Waals surface area contributed by atoms with Crippen LogP contribution >= 0.6 is 0 Å². The van der Waals surface area contributed by atoms with Crippen molar-refractivity contribution in [3.8, 4) is 0 Å². The van der Waals surface area contributed by atoms with Gasteiger partial charge >= 0.3 is 6.03 Å². The molecule has 1 aliphatic carbocycles. The van der Waals surface area contributed by atoms with E-state index in [0.29, 0.717) is 17.0 Å². The van der Waals surface area contributed by atoms with Gasteiger partial charge in [-0.3, -0.25) is 9.69 Å². The Morgan fingerprint density at radius 2 is 1.79 bits per heavy atom. The van der Waals surface area contributed by atoms with E-state index in [9.17, 15) is 14.0 Å². The molecule has 144 valence electrons. The Balaban J connectivity index is 1.77. The van der Waals surface area contributed by atoms with Crippen molar-refractivity contribution in [3.63, 3.8) is 0 Å². The average Bonchev–Trinajstić information content (AvgIpc) is 3.48. The Bertz CT molecular complexity index is 981. The maximum absolute atomic E-state index is 14.5. The summed E-state index contributed by atoms with van der Waals surface area (Å²) in [6.07, 6.45) is 1.81. The predicted molar refractivity (Wildman–Crippen MR) is 105 cm³/mol. The highest BCUT2D eigenvalue weighted by molar-refractivity contribution is 6.07. The minimum Gasteiger partial charge on any atom is -0.326 e. The first-order chi connectivity index (χ1) is 13.5. The maximum atomic E-state index is 14.5. The van der Waals surface area contributed by atoms with E-state index in [4.69, 9.17) is 0 Å². The lowest BCUT2D eigenvalue weighted by Gasteiger charge is -2.36. The Labute approximate surface area is 163 Å². The summed E-state index contributed by atoms with van der Waals surface area (Å²) >= 11 is 0. The van der Waals surface area contributed by atoms with Crippen molar-refractivity contribution >= 4 is 17.6 Å². The van der Waals surface area contributed by atoms with Gasteiger partial charge in [-0.25, -0.2) is 9.18 Å². The first-order valence-electron chi connectivity index (χ1n) is 9.39. The molecule has 1 fully saturated rings. The molecule has 0 bridgehead atoms. The van der Waals surface area contributed by atoms with Crippen molar-refractivity contribution in [1.29, 1.82) is 0 Å². The second-order valence-electron chi connectivity index (χ2n) is 7.27. The van der Waals surface area contributed by atoms with Crippen molar-refractivity contribution in [2.24, 2.45) is 0 Å². The summed E-state index contributed by atoms with van der Waals surface area (Å²) < 4.78 is 14.5. The molecule has 0 radical (unpaired) electrons. The number of aryl methyl sites for hydroxylation is 1. The van der Waals surface area contributed by atoms with Crippen LogP contribution in [0.2, 0.25) is 0 Å². The standard InChI is InChI=1S/C22H22FN3O2/c1-13-7-3-6-10-18(13)24-21(27)19-14(2)26(15-11-12-15)22(28)25-20(19)16-8-4-5-9-17(16)23/h3-10,15,20H,11-12H2,1-2H3,(H,24,27)(H,25,28). The van der Waals surface area contributed by atoms with Crippen molar-refractivity contribution in [2.75, 3.05) is 5.32 Å². The molecule has 3 amide bonds. The molecule has 5 nitrogen and oxygen atoms in total. The molecule has 2 aromatic carbocycles. The lowest BCUT2D eigenvalue weighted by molar-refractivity contribution is -0.113. The first kappa shape index (κ1) is 18.2. The molecular formula is C22H22FN3O2. The van der Waals surface area contributed by atoms with E-state index >= 15 is 0 Å². The highest BCUT2D eigenvalue weighted by Gasteiger charge is 2.42. The van der Waals surface area contributed by atoms with Gasteiger partial charge in [0.1, 0.15) is 5.82 Å². The fourth-order valence-electron chi connectivity index (χ4n) is 3.67. The third kappa shape index (κ3) is 3.26. The quantitative estimate of drug-likeness (QED) is 0.833.